The minimum absolute atomic E-state index is 0.618. The van der Waals surface area contributed by atoms with Gasteiger partial charge in [0.1, 0.15) is 0 Å². The predicted octanol–water partition coefficient (Wildman–Crippen LogP) is 3.08. The van der Waals surface area contributed by atoms with Crippen molar-refractivity contribution >= 4 is 0 Å². The summed E-state index contributed by atoms with van der Waals surface area (Å²) in [5.41, 5.74) is 1.48. The average molecular weight is 150 g/mol. The van der Waals surface area contributed by atoms with E-state index >= 15 is 0 Å². The summed E-state index contributed by atoms with van der Waals surface area (Å²) in [7, 11) is 0. The molecule has 0 bridgehead atoms. The SMILES string of the molecule is CC(C)(C)C12C3CCCC1C32. The first-order valence-corrected chi connectivity index (χ1v) is 5.10. The van der Waals surface area contributed by atoms with E-state index in [1.54, 1.807) is 12.8 Å². The van der Waals surface area contributed by atoms with Crippen LogP contribution in [0.5, 0.6) is 0 Å². The van der Waals surface area contributed by atoms with Crippen molar-refractivity contribution in [3.05, 3.63) is 0 Å². The lowest BCUT2D eigenvalue weighted by atomic mass is 9.71. The molecule has 0 aromatic carbocycles. The van der Waals surface area contributed by atoms with Crippen LogP contribution in [0.4, 0.5) is 0 Å². The summed E-state index contributed by atoms with van der Waals surface area (Å²) in [5, 5.41) is 0. The van der Waals surface area contributed by atoms with E-state index in [2.05, 4.69) is 20.8 Å². The van der Waals surface area contributed by atoms with Crippen molar-refractivity contribution in [1.29, 1.82) is 0 Å². The lowest BCUT2D eigenvalue weighted by Crippen LogP contribution is -2.26. The van der Waals surface area contributed by atoms with E-state index < -0.39 is 0 Å². The maximum absolute atomic E-state index is 2.45. The molecule has 0 aromatic heterocycles. The standard InChI is InChI=1S/C11H18/c1-10(2,3)11-7-5-4-6-8(11)9(7)11/h7-9H,4-6H2,1-3H3. The number of hydrogen-bond acceptors (Lipinski definition) is 0. The molecule has 2 unspecified atom stereocenters. The molecular weight excluding hydrogens is 132 g/mol. The highest BCUT2D eigenvalue weighted by Gasteiger charge is 2.89. The zero-order valence-electron chi connectivity index (χ0n) is 7.85. The Labute approximate surface area is 69.4 Å². The van der Waals surface area contributed by atoms with Crippen molar-refractivity contribution in [1.82, 2.24) is 0 Å². The van der Waals surface area contributed by atoms with Gasteiger partial charge in [-0.2, -0.15) is 0 Å². The van der Waals surface area contributed by atoms with E-state index in [9.17, 15) is 0 Å². The zero-order chi connectivity index (χ0) is 7.85. The Balaban J connectivity index is 1.91. The third-order valence-electron chi connectivity index (χ3n) is 4.76. The molecule has 3 aliphatic rings. The van der Waals surface area contributed by atoms with Crippen LogP contribution in [-0.2, 0) is 0 Å². The minimum Gasteiger partial charge on any atom is -0.0596 e. The van der Waals surface area contributed by atoms with Gasteiger partial charge in [0.25, 0.3) is 0 Å². The third-order valence-corrected chi connectivity index (χ3v) is 4.76. The Morgan fingerprint density at radius 1 is 1.09 bits per heavy atom. The van der Waals surface area contributed by atoms with Crippen molar-refractivity contribution in [2.75, 3.05) is 0 Å². The van der Waals surface area contributed by atoms with E-state index in [1.165, 1.54) is 24.2 Å². The number of fused-ring (bicyclic) bond motifs is 2. The van der Waals surface area contributed by atoms with Gasteiger partial charge in [-0.15, -0.1) is 0 Å². The first-order chi connectivity index (χ1) is 5.10. The molecule has 0 spiro atoms. The maximum Gasteiger partial charge on any atom is -0.0152 e. The van der Waals surface area contributed by atoms with Crippen molar-refractivity contribution in [2.45, 2.75) is 40.0 Å². The second-order valence-corrected chi connectivity index (χ2v) is 5.85. The van der Waals surface area contributed by atoms with Crippen LogP contribution in [0.15, 0.2) is 0 Å². The van der Waals surface area contributed by atoms with Gasteiger partial charge >= 0.3 is 0 Å². The van der Waals surface area contributed by atoms with Gasteiger partial charge < -0.3 is 0 Å². The van der Waals surface area contributed by atoms with Crippen LogP contribution in [0.1, 0.15) is 40.0 Å². The fourth-order valence-corrected chi connectivity index (χ4v) is 4.47. The summed E-state index contributed by atoms with van der Waals surface area (Å²) in [6.07, 6.45) is 4.64. The molecule has 62 valence electrons. The highest BCUT2D eigenvalue weighted by atomic mass is 14.9. The van der Waals surface area contributed by atoms with Crippen LogP contribution < -0.4 is 0 Å². The van der Waals surface area contributed by atoms with Crippen molar-refractivity contribution in [3.8, 4) is 0 Å². The molecule has 0 aliphatic heterocycles. The summed E-state index contributed by atoms with van der Waals surface area (Å²) in [5.74, 6) is 3.53. The van der Waals surface area contributed by atoms with Crippen LogP contribution in [0.2, 0.25) is 0 Å². The van der Waals surface area contributed by atoms with Crippen molar-refractivity contribution in [2.24, 2.45) is 28.6 Å². The van der Waals surface area contributed by atoms with Crippen molar-refractivity contribution in [3.63, 3.8) is 0 Å². The Bertz CT molecular complexity index is 187. The Morgan fingerprint density at radius 3 is 1.91 bits per heavy atom. The van der Waals surface area contributed by atoms with Gasteiger partial charge in [0, 0.05) is 0 Å². The first-order valence-electron chi connectivity index (χ1n) is 5.10. The number of rotatable bonds is 0. The molecule has 0 saturated heterocycles. The summed E-state index contributed by atoms with van der Waals surface area (Å²) in [6, 6.07) is 0. The average Bonchev–Trinajstić information content (AvgIpc) is 2.72. The van der Waals surface area contributed by atoms with Crippen molar-refractivity contribution < 1.29 is 0 Å². The van der Waals surface area contributed by atoms with E-state index in [0.29, 0.717) is 5.41 Å². The van der Waals surface area contributed by atoms with Crippen LogP contribution in [0.3, 0.4) is 0 Å². The van der Waals surface area contributed by atoms with Crippen LogP contribution in [-0.4, -0.2) is 0 Å². The van der Waals surface area contributed by atoms with E-state index in [4.69, 9.17) is 0 Å². The summed E-state index contributed by atoms with van der Waals surface area (Å²) in [4.78, 5) is 0. The molecule has 0 heteroatoms. The fraction of sp³-hybridized carbons (Fsp3) is 1.00. The van der Waals surface area contributed by atoms with Gasteiger partial charge in [-0.25, -0.2) is 0 Å². The molecule has 3 aliphatic carbocycles. The van der Waals surface area contributed by atoms with Gasteiger partial charge in [0.05, 0.1) is 0 Å². The monoisotopic (exact) mass is 150 g/mol. The lowest BCUT2D eigenvalue weighted by Gasteiger charge is -2.34. The zero-order valence-corrected chi connectivity index (χ0v) is 7.85. The topological polar surface area (TPSA) is 0 Å². The molecule has 0 N–H and O–H groups in total. The molecule has 0 heterocycles. The maximum atomic E-state index is 2.45. The molecular formula is C11H18. The third kappa shape index (κ3) is 0.467. The summed E-state index contributed by atoms with van der Waals surface area (Å²) < 4.78 is 0. The Hall–Kier alpha value is 0. The first kappa shape index (κ1) is 6.51. The largest absolute Gasteiger partial charge is 0.0596 e. The molecule has 0 radical (unpaired) electrons. The highest BCUT2D eigenvalue weighted by Crippen LogP contribution is 2.93. The van der Waals surface area contributed by atoms with E-state index in [-0.39, 0.29) is 0 Å². The molecule has 11 heavy (non-hydrogen) atoms. The fourth-order valence-electron chi connectivity index (χ4n) is 4.47. The van der Waals surface area contributed by atoms with Gasteiger partial charge in [-0.1, -0.05) is 27.2 Å². The second-order valence-electron chi connectivity index (χ2n) is 5.85. The minimum atomic E-state index is 0.618. The van der Waals surface area contributed by atoms with E-state index in [0.717, 1.165) is 5.41 Å². The summed E-state index contributed by atoms with van der Waals surface area (Å²) >= 11 is 0. The Kier molecular flexibility index (Phi) is 0.832. The lowest BCUT2D eigenvalue weighted by molar-refractivity contribution is 0.152. The predicted molar refractivity (Wildman–Crippen MR) is 46.2 cm³/mol. The van der Waals surface area contributed by atoms with Crippen LogP contribution in [0, 0.1) is 28.6 Å². The van der Waals surface area contributed by atoms with Gasteiger partial charge in [-0.3, -0.25) is 0 Å². The molecule has 0 nitrogen and oxygen atoms in total. The molecule has 3 rings (SSSR count). The summed E-state index contributed by atoms with van der Waals surface area (Å²) in [6.45, 7) is 7.35. The second kappa shape index (κ2) is 1.41. The molecule has 0 amide bonds. The molecule has 3 fully saturated rings. The smallest absolute Gasteiger partial charge is 0.0152 e. The molecule has 2 atom stereocenters. The van der Waals surface area contributed by atoms with Crippen LogP contribution >= 0.6 is 0 Å². The van der Waals surface area contributed by atoms with Gasteiger partial charge in [0.15, 0.2) is 0 Å². The number of hydrogen-bond donors (Lipinski definition) is 0. The van der Waals surface area contributed by atoms with E-state index in [1.807, 2.05) is 0 Å². The molecule has 0 aromatic rings. The van der Waals surface area contributed by atoms with Crippen LogP contribution in [0.25, 0.3) is 0 Å². The normalized spacial score (nSPS) is 58.6. The molecule has 3 saturated carbocycles. The highest BCUT2D eigenvalue weighted by molar-refractivity contribution is 5.36. The van der Waals surface area contributed by atoms with Gasteiger partial charge in [-0.05, 0) is 41.4 Å². The quantitative estimate of drug-likeness (QED) is 0.498. The Morgan fingerprint density at radius 2 is 1.64 bits per heavy atom. The van der Waals surface area contributed by atoms with Gasteiger partial charge in [0.2, 0.25) is 0 Å².